The van der Waals surface area contributed by atoms with Gasteiger partial charge >= 0.3 is 0 Å². The second-order valence-electron chi connectivity index (χ2n) is 4.23. The standard InChI is InChI=1S/C14H19N3/c1-2-8-17-9-7-16-14(17)10-12-3-5-13(11-15)6-4-12/h3-7,9H,2,8,10-11,15H2,1H3. The Morgan fingerprint density at radius 3 is 2.53 bits per heavy atom. The van der Waals surface area contributed by atoms with E-state index in [1.165, 1.54) is 11.1 Å². The monoisotopic (exact) mass is 229 g/mol. The maximum Gasteiger partial charge on any atom is 0.113 e. The Hall–Kier alpha value is -1.61. The van der Waals surface area contributed by atoms with Crippen LogP contribution in [0.4, 0.5) is 0 Å². The third-order valence-electron chi connectivity index (χ3n) is 2.89. The first-order chi connectivity index (χ1) is 8.33. The maximum absolute atomic E-state index is 5.58. The molecule has 0 spiro atoms. The van der Waals surface area contributed by atoms with Gasteiger partial charge < -0.3 is 10.3 Å². The van der Waals surface area contributed by atoms with E-state index >= 15 is 0 Å². The molecule has 0 unspecified atom stereocenters. The summed E-state index contributed by atoms with van der Waals surface area (Å²) in [6, 6.07) is 8.44. The van der Waals surface area contributed by atoms with Crippen molar-refractivity contribution in [3.63, 3.8) is 0 Å². The average Bonchev–Trinajstić information content (AvgIpc) is 2.78. The molecule has 0 aliphatic rings. The fraction of sp³-hybridized carbons (Fsp3) is 0.357. The molecule has 2 rings (SSSR count). The second-order valence-corrected chi connectivity index (χ2v) is 4.23. The fourth-order valence-electron chi connectivity index (χ4n) is 1.93. The Morgan fingerprint density at radius 2 is 1.88 bits per heavy atom. The molecular weight excluding hydrogens is 210 g/mol. The van der Waals surface area contributed by atoms with Crippen LogP contribution < -0.4 is 5.73 Å². The minimum Gasteiger partial charge on any atom is -0.335 e. The molecule has 0 aliphatic heterocycles. The molecule has 0 bridgehead atoms. The number of hydrogen-bond acceptors (Lipinski definition) is 2. The summed E-state index contributed by atoms with van der Waals surface area (Å²) >= 11 is 0. The van der Waals surface area contributed by atoms with E-state index in [1.54, 1.807) is 0 Å². The molecule has 0 amide bonds. The highest BCUT2D eigenvalue weighted by atomic mass is 15.1. The first-order valence-electron chi connectivity index (χ1n) is 6.11. The van der Waals surface area contributed by atoms with Gasteiger partial charge in [-0.2, -0.15) is 0 Å². The number of hydrogen-bond donors (Lipinski definition) is 1. The zero-order chi connectivity index (χ0) is 12.1. The molecule has 2 aromatic rings. The predicted molar refractivity (Wildman–Crippen MR) is 69.7 cm³/mol. The summed E-state index contributed by atoms with van der Waals surface area (Å²) in [6.07, 6.45) is 5.94. The summed E-state index contributed by atoms with van der Waals surface area (Å²) in [5, 5.41) is 0. The van der Waals surface area contributed by atoms with Gasteiger partial charge in [-0.05, 0) is 17.5 Å². The van der Waals surface area contributed by atoms with Crippen molar-refractivity contribution in [2.24, 2.45) is 5.73 Å². The van der Waals surface area contributed by atoms with E-state index in [0.29, 0.717) is 6.54 Å². The van der Waals surface area contributed by atoms with E-state index in [0.717, 1.165) is 25.2 Å². The quantitative estimate of drug-likeness (QED) is 0.855. The van der Waals surface area contributed by atoms with E-state index in [-0.39, 0.29) is 0 Å². The average molecular weight is 229 g/mol. The molecular formula is C14H19N3. The van der Waals surface area contributed by atoms with Crippen molar-refractivity contribution in [3.8, 4) is 0 Å². The summed E-state index contributed by atoms with van der Waals surface area (Å²) in [5.74, 6) is 1.13. The van der Waals surface area contributed by atoms with Gasteiger partial charge in [0, 0.05) is 31.9 Å². The summed E-state index contributed by atoms with van der Waals surface area (Å²) in [7, 11) is 0. The van der Waals surface area contributed by atoms with Gasteiger partial charge in [0.15, 0.2) is 0 Å². The minimum atomic E-state index is 0.602. The van der Waals surface area contributed by atoms with Crippen LogP contribution in [0, 0.1) is 0 Å². The number of nitrogens with zero attached hydrogens (tertiary/aromatic N) is 2. The van der Waals surface area contributed by atoms with Crippen molar-refractivity contribution >= 4 is 0 Å². The Bertz CT molecular complexity index is 457. The van der Waals surface area contributed by atoms with Gasteiger partial charge in [-0.1, -0.05) is 31.2 Å². The molecule has 1 aromatic carbocycles. The summed E-state index contributed by atoms with van der Waals surface area (Å²) in [6.45, 7) is 3.82. The molecule has 1 aromatic heterocycles. The minimum absolute atomic E-state index is 0.602. The third kappa shape index (κ3) is 2.94. The van der Waals surface area contributed by atoms with Crippen molar-refractivity contribution in [2.45, 2.75) is 32.9 Å². The van der Waals surface area contributed by atoms with Crippen LogP contribution in [-0.4, -0.2) is 9.55 Å². The zero-order valence-electron chi connectivity index (χ0n) is 10.3. The largest absolute Gasteiger partial charge is 0.335 e. The highest BCUT2D eigenvalue weighted by Crippen LogP contribution is 2.10. The molecule has 90 valence electrons. The summed E-state index contributed by atoms with van der Waals surface area (Å²) in [4.78, 5) is 4.41. The predicted octanol–water partition coefficient (Wildman–Crippen LogP) is 2.34. The van der Waals surface area contributed by atoms with Crippen molar-refractivity contribution in [2.75, 3.05) is 0 Å². The van der Waals surface area contributed by atoms with Crippen LogP contribution in [0.15, 0.2) is 36.7 Å². The maximum atomic E-state index is 5.58. The van der Waals surface area contributed by atoms with Gasteiger partial charge in [-0.15, -0.1) is 0 Å². The molecule has 2 N–H and O–H groups in total. The van der Waals surface area contributed by atoms with Gasteiger partial charge in [-0.25, -0.2) is 4.98 Å². The van der Waals surface area contributed by atoms with Crippen LogP contribution in [0.5, 0.6) is 0 Å². The second kappa shape index (κ2) is 5.64. The molecule has 0 saturated heterocycles. The molecule has 1 heterocycles. The number of aryl methyl sites for hydroxylation is 1. The van der Waals surface area contributed by atoms with Crippen LogP contribution in [0.1, 0.15) is 30.3 Å². The molecule has 3 heteroatoms. The number of imidazole rings is 1. The smallest absolute Gasteiger partial charge is 0.113 e. The topological polar surface area (TPSA) is 43.8 Å². The lowest BCUT2D eigenvalue weighted by Crippen LogP contribution is -2.03. The van der Waals surface area contributed by atoms with E-state index in [4.69, 9.17) is 5.73 Å². The normalized spacial score (nSPS) is 10.7. The number of benzene rings is 1. The highest BCUT2D eigenvalue weighted by molar-refractivity contribution is 5.24. The van der Waals surface area contributed by atoms with Gasteiger partial charge in [0.1, 0.15) is 5.82 Å². The van der Waals surface area contributed by atoms with Crippen LogP contribution >= 0.6 is 0 Å². The Morgan fingerprint density at radius 1 is 1.18 bits per heavy atom. The van der Waals surface area contributed by atoms with E-state index < -0.39 is 0 Å². The lowest BCUT2D eigenvalue weighted by atomic mass is 10.1. The van der Waals surface area contributed by atoms with Crippen LogP contribution in [-0.2, 0) is 19.5 Å². The van der Waals surface area contributed by atoms with Crippen LogP contribution in [0.3, 0.4) is 0 Å². The molecule has 17 heavy (non-hydrogen) atoms. The van der Waals surface area contributed by atoms with E-state index in [2.05, 4.69) is 40.7 Å². The zero-order valence-corrected chi connectivity index (χ0v) is 10.3. The molecule has 0 aliphatic carbocycles. The lowest BCUT2D eigenvalue weighted by molar-refractivity contribution is 0.647. The highest BCUT2D eigenvalue weighted by Gasteiger charge is 2.03. The Kier molecular flexibility index (Phi) is 3.94. The van der Waals surface area contributed by atoms with Crippen molar-refractivity contribution in [1.82, 2.24) is 9.55 Å². The van der Waals surface area contributed by atoms with Crippen LogP contribution in [0.25, 0.3) is 0 Å². The number of rotatable bonds is 5. The lowest BCUT2D eigenvalue weighted by Gasteiger charge is -2.06. The number of aromatic nitrogens is 2. The number of nitrogens with two attached hydrogens (primary N) is 1. The van der Waals surface area contributed by atoms with Gasteiger partial charge in [0.25, 0.3) is 0 Å². The Balaban J connectivity index is 2.10. The van der Waals surface area contributed by atoms with Crippen molar-refractivity contribution in [1.29, 1.82) is 0 Å². The fourth-order valence-corrected chi connectivity index (χ4v) is 1.93. The van der Waals surface area contributed by atoms with Gasteiger partial charge in [0.05, 0.1) is 0 Å². The molecule has 0 radical (unpaired) electrons. The van der Waals surface area contributed by atoms with E-state index in [1.807, 2.05) is 12.4 Å². The molecule has 0 atom stereocenters. The van der Waals surface area contributed by atoms with Gasteiger partial charge in [-0.3, -0.25) is 0 Å². The van der Waals surface area contributed by atoms with Crippen molar-refractivity contribution < 1.29 is 0 Å². The van der Waals surface area contributed by atoms with Gasteiger partial charge in [0.2, 0.25) is 0 Å². The van der Waals surface area contributed by atoms with Crippen molar-refractivity contribution in [3.05, 3.63) is 53.6 Å². The van der Waals surface area contributed by atoms with Crippen LogP contribution in [0.2, 0.25) is 0 Å². The molecule has 0 saturated carbocycles. The summed E-state index contributed by atoms with van der Waals surface area (Å²) < 4.78 is 2.22. The molecule has 0 fully saturated rings. The van der Waals surface area contributed by atoms with E-state index in [9.17, 15) is 0 Å². The summed E-state index contributed by atoms with van der Waals surface area (Å²) in [5.41, 5.74) is 8.04. The molecule has 3 nitrogen and oxygen atoms in total. The SMILES string of the molecule is CCCn1ccnc1Cc1ccc(CN)cc1. The first kappa shape index (κ1) is 11.9. The third-order valence-corrected chi connectivity index (χ3v) is 2.89. The Labute approximate surface area is 102 Å². The first-order valence-corrected chi connectivity index (χ1v) is 6.11.